The first-order valence-electron chi connectivity index (χ1n) is 10.6. The third kappa shape index (κ3) is 11.8. The van der Waals surface area contributed by atoms with E-state index in [1.54, 1.807) is 7.11 Å². The molecule has 0 saturated heterocycles. The summed E-state index contributed by atoms with van der Waals surface area (Å²) in [7, 11) is -1.50. The van der Waals surface area contributed by atoms with Crippen LogP contribution >= 0.6 is 24.0 Å². The van der Waals surface area contributed by atoms with Crippen LogP contribution in [0.15, 0.2) is 23.2 Å². The predicted octanol–water partition coefficient (Wildman–Crippen LogP) is 2.87. The minimum Gasteiger partial charge on any atom is -0.493 e. The third-order valence-electron chi connectivity index (χ3n) is 4.46. The standard InChI is InChI=1S/C21H38N4O4S.HI/c1-6-22-21(24-15-10-16-25(7-2)30(5,26)27)23-14-9-11-18-12-13-19(28-4)20(17-18)29-8-3;/h12-13,17H,6-11,14-16H2,1-5H3,(H2,22,23,24);1H. The zero-order valence-corrected chi connectivity index (χ0v) is 22.6. The summed E-state index contributed by atoms with van der Waals surface area (Å²) in [6, 6.07) is 6.01. The molecule has 0 aliphatic rings. The maximum Gasteiger partial charge on any atom is 0.211 e. The van der Waals surface area contributed by atoms with E-state index in [9.17, 15) is 8.42 Å². The van der Waals surface area contributed by atoms with E-state index >= 15 is 0 Å². The summed E-state index contributed by atoms with van der Waals surface area (Å²) < 4.78 is 35.7. The molecular weight excluding hydrogens is 531 g/mol. The van der Waals surface area contributed by atoms with Crippen LogP contribution in [-0.4, -0.2) is 71.4 Å². The van der Waals surface area contributed by atoms with E-state index in [-0.39, 0.29) is 24.0 Å². The van der Waals surface area contributed by atoms with Gasteiger partial charge < -0.3 is 20.1 Å². The SMILES string of the molecule is CCNC(=NCCCc1ccc(OC)c(OCC)c1)NCCCN(CC)S(C)(=O)=O.I. The molecule has 0 radical (unpaired) electrons. The van der Waals surface area contributed by atoms with Gasteiger partial charge in [0.2, 0.25) is 10.0 Å². The quantitative estimate of drug-likeness (QED) is 0.155. The average molecular weight is 571 g/mol. The van der Waals surface area contributed by atoms with E-state index in [4.69, 9.17) is 9.47 Å². The van der Waals surface area contributed by atoms with Crippen LogP contribution in [0.1, 0.15) is 39.2 Å². The number of nitrogens with zero attached hydrogens (tertiary/aromatic N) is 2. The van der Waals surface area contributed by atoms with Gasteiger partial charge in [0.15, 0.2) is 17.5 Å². The topological polar surface area (TPSA) is 92.3 Å². The molecule has 0 unspecified atom stereocenters. The molecule has 31 heavy (non-hydrogen) atoms. The van der Waals surface area contributed by atoms with Gasteiger partial charge >= 0.3 is 0 Å². The van der Waals surface area contributed by atoms with Crippen molar-refractivity contribution < 1.29 is 17.9 Å². The maximum atomic E-state index is 11.6. The number of hydrogen-bond donors (Lipinski definition) is 2. The van der Waals surface area contributed by atoms with Crippen molar-refractivity contribution in [2.75, 3.05) is 52.7 Å². The normalized spacial score (nSPS) is 11.7. The molecule has 0 amide bonds. The second kappa shape index (κ2) is 16.4. The van der Waals surface area contributed by atoms with Gasteiger partial charge in [-0.3, -0.25) is 4.99 Å². The van der Waals surface area contributed by atoms with Crippen molar-refractivity contribution in [3.05, 3.63) is 23.8 Å². The second-order valence-electron chi connectivity index (χ2n) is 6.82. The molecule has 0 aliphatic carbocycles. The number of sulfonamides is 1. The fourth-order valence-electron chi connectivity index (χ4n) is 2.98. The highest BCUT2D eigenvalue weighted by molar-refractivity contribution is 14.0. The number of halogens is 1. The van der Waals surface area contributed by atoms with Gasteiger partial charge in [-0.2, -0.15) is 0 Å². The van der Waals surface area contributed by atoms with E-state index < -0.39 is 10.0 Å². The smallest absolute Gasteiger partial charge is 0.211 e. The van der Waals surface area contributed by atoms with Crippen LogP contribution in [0.5, 0.6) is 11.5 Å². The molecule has 1 aromatic carbocycles. The molecule has 0 spiro atoms. The molecule has 1 aromatic rings. The summed E-state index contributed by atoms with van der Waals surface area (Å²) in [5.41, 5.74) is 1.19. The molecule has 0 heterocycles. The van der Waals surface area contributed by atoms with Crippen molar-refractivity contribution in [1.29, 1.82) is 0 Å². The van der Waals surface area contributed by atoms with Crippen LogP contribution in [0.4, 0.5) is 0 Å². The van der Waals surface area contributed by atoms with Crippen molar-refractivity contribution in [2.45, 2.75) is 40.0 Å². The molecule has 10 heteroatoms. The van der Waals surface area contributed by atoms with Crippen LogP contribution in [0.2, 0.25) is 0 Å². The van der Waals surface area contributed by atoms with Gasteiger partial charge in [-0.05, 0) is 50.8 Å². The first-order valence-corrected chi connectivity index (χ1v) is 12.5. The van der Waals surface area contributed by atoms with Crippen molar-refractivity contribution in [1.82, 2.24) is 14.9 Å². The van der Waals surface area contributed by atoms with E-state index in [0.29, 0.717) is 32.8 Å². The van der Waals surface area contributed by atoms with E-state index in [2.05, 4.69) is 21.7 Å². The second-order valence-corrected chi connectivity index (χ2v) is 8.80. The van der Waals surface area contributed by atoms with E-state index in [0.717, 1.165) is 43.3 Å². The lowest BCUT2D eigenvalue weighted by atomic mass is 10.1. The molecule has 0 aromatic heterocycles. The third-order valence-corrected chi connectivity index (χ3v) is 5.84. The molecule has 8 nitrogen and oxygen atoms in total. The van der Waals surface area contributed by atoms with Gasteiger partial charge in [-0.25, -0.2) is 12.7 Å². The first kappa shape index (κ1) is 29.7. The van der Waals surface area contributed by atoms with Crippen LogP contribution in [0, 0.1) is 0 Å². The monoisotopic (exact) mass is 570 g/mol. The van der Waals surface area contributed by atoms with Gasteiger partial charge in [0.25, 0.3) is 0 Å². The molecule has 0 bridgehead atoms. The lowest BCUT2D eigenvalue weighted by Crippen LogP contribution is -2.39. The van der Waals surface area contributed by atoms with Crippen molar-refractivity contribution in [2.24, 2.45) is 4.99 Å². The molecule has 0 atom stereocenters. The molecule has 0 fully saturated rings. The Morgan fingerprint density at radius 2 is 1.87 bits per heavy atom. The average Bonchev–Trinajstić information content (AvgIpc) is 2.70. The fraction of sp³-hybridized carbons (Fsp3) is 0.667. The van der Waals surface area contributed by atoms with Crippen LogP contribution in [0.3, 0.4) is 0 Å². The number of nitrogens with one attached hydrogen (secondary N) is 2. The largest absolute Gasteiger partial charge is 0.493 e. The van der Waals surface area contributed by atoms with E-state index in [1.807, 2.05) is 32.9 Å². The fourth-order valence-corrected chi connectivity index (χ4v) is 3.91. The number of hydrogen-bond acceptors (Lipinski definition) is 5. The highest BCUT2D eigenvalue weighted by atomic mass is 127. The Morgan fingerprint density at radius 1 is 1.13 bits per heavy atom. The Labute approximate surface area is 205 Å². The number of guanidine groups is 1. The highest BCUT2D eigenvalue weighted by Gasteiger charge is 2.13. The summed E-state index contributed by atoms with van der Waals surface area (Å²) in [5, 5.41) is 6.50. The minimum absolute atomic E-state index is 0. The van der Waals surface area contributed by atoms with Crippen molar-refractivity contribution >= 4 is 40.0 Å². The maximum absolute atomic E-state index is 11.6. The Kier molecular flexibility index (Phi) is 15.7. The zero-order chi connectivity index (χ0) is 22.4. The first-order chi connectivity index (χ1) is 14.3. The molecule has 0 saturated carbocycles. The van der Waals surface area contributed by atoms with Gasteiger partial charge in [-0.1, -0.05) is 13.0 Å². The molecule has 0 aliphatic heterocycles. The number of aryl methyl sites for hydroxylation is 1. The van der Waals surface area contributed by atoms with Gasteiger partial charge in [-0.15, -0.1) is 24.0 Å². The summed E-state index contributed by atoms with van der Waals surface area (Å²) in [6.07, 6.45) is 3.77. The molecule has 1 rings (SSSR count). The lowest BCUT2D eigenvalue weighted by molar-refractivity contribution is 0.310. The number of aliphatic imine (C=N–C) groups is 1. The Morgan fingerprint density at radius 3 is 2.45 bits per heavy atom. The number of rotatable bonds is 14. The predicted molar refractivity (Wildman–Crippen MR) is 139 cm³/mol. The Hall–Kier alpha value is -1.27. The molecule has 2 N–H and O–H groups in total. The van der Waals surface area contributed by atoms with Crippen molar-refractivity contribution in [3.63, 3.8) is 0 Å². The highest BCUT2D eigenvalue weighted by Crippen LogP contribution is 2.28. The summed E-state index contributed by atoms with van der Waals surface area (Å²) in [4.78, 5) is 4.61. The van der Waals surface area contributed by atoms with Crippen LogP contribution in [0.25, 0.3) is 0 Å². The zero-order valence-electron chi connectivity index (χ0n) is 19.4. The number of benzene rings is 1. The van der Waals surface area contributed by atoms with Gasteiger partial charge in [0.1, 0.15) is 0 Å². The van der Waals surface area contributed by atoms with Crippen molar-refractivity contribution in [3.8, 4) is 11.5 Å². The minimum atomic E-state index is -3.14. The van der Waals surface area contributed by atoms with Crippen LogP contribution in [-0.2, 0) is 16.4 Å². The summed E-state index contributed by atoms with van der Waals surface area (Å²) >= 11 is 0. The van der Waals surface area contributed by atoms with Crippen LogP contribution < -0.4 is 20.1 Å². The lowest BCUT2D eigenvalue weighted by Gasteiger charge is -2.18. The summed E-state index contributed by atoms with van der Waals surface area (Å²) in [5.74, 6) is 2.27. The van der Waals surface area contributed by atoms with Gasteiger partial charge in [0, 0.05) is 32.7 Å². The number of ether oxygens (including phenoxy) is 2. The van der Waals surface area contributed by atoms with E-state index in [1.165, 1.54) is 16.1 Å². The molecule has 180 valence electrons. The summed E-state index contributed by atoms with van der Waals surface area (Å²) in [6.45, 7) is 9.53. The van der Waals surface area contributed by atoms with Gasteiger partial charge in [0.05, 0.1) is 20.0 Å². The Bertz CT molecular complexity index is 760. The Balaban J connectivity index is 0.00000900. The molecular formula is C21H39IN4O4S. The number of methoxy groups -OCH3 is 1.